The summed E-state index contributed by atoms with van der Waals surface area (Å²) in [7, 11) is 0. The summed E-state index contributed by atoms with van der Waals surface area (Å²) < 4.78 is 0. The number of nitrogens with zero attached hydrogens (tertiary/aromatic N) is 1. The van der Waals surface area contributed by atoms with Crippen molar-refractivity contribution in [2.24, 2.45) is 0 Å². The SMILES string of the molecule is Cc1ccc(C)c(-c2c[nH]c(N)n2)c1. The number of imidazole rings is 1. The summed E-state index contributed by atoms with van der Waals surface area (Å²) >= 11 is 0. The molecule has 1 heterocycles. The van der Waals surface area contributed by atoms with Crippen LogP contribution in [0.15, 0.2) is 24.4 Å². The van der Waals surface area contributed by atoms with Gasteiger partial charge in [0.25, 0.3) is 0 Å². The Balaban J connectivity index is 2.55. The average Bonchev–Trinajstić information content (AvgIpc) is 2.56. The molecule has 0 aliphatic carbocycles. The molecule has 72 valence electrons. The highest BCUT2D eigenvalue weighted by Crippen LogP contribution is 2.22. The van der Waals surface area contributed by atoms with E-state index in [4.69, 9.17) is 5.73 Å². The molecule has 2 aromatic rings. The lowest BCUT2D eigenvalue weighted by atomic mass is 10.0. The Hall–Kier alpha value is -1.77. The van der Waals surface area contributed by atoms with E-state index in [0.29, 0.717) is 5.95 Å². The third-order valence-corrected chi connectivity index (χ3v) is 2.27. The highest BCUT2D eigenvalue weighted by atomic mass is 15.0. The van der Waals surface area contributed by atoms with Gasteiger partial charge in [-0.2, -0.15) is 0 Å². The summed E-state index contributed by atoms with van der Waals surface area (Å²) in [4.78, 5) is 7.09. The molecule has 0 saturated heterocycles. The van der Waals surface area contributed by atoms with Crippen molar-refractivity contribution < 1.29 is 0 Å². The first-order chi connectivity index (χ1) is 6.66. The minimum Gasteiger partial charge on any atom is -0.369 e. The van der Waals surface area contributed by atoms with Crippen LogP contribution in [0.5, 0.6) is 0 Å². The van der Waals surface area contributed by atoms with Gasteiger partial charge in [-0.3, -0.25) is 0 Å². The fraction of sp³-hybridized carbons (Fsp3) is 0.182. The number of benzene rings is 1. The van der Waals surface area contributed by atoms with Crippen molar-refractivity contribution in [2.75, 3.05) is 5.73 Å². The highest BCUT2D eigenvalue weighted by Gasteiger charge is 2.04. The Morgan fingerprint density at radius 1 is 1.29 bits per heavy atom. The molecule has 0 bridgehead atoms. The van der Waals surface area contributed by atoms with E-state index in [0.717, 1.165) is 11.3 Å². The van der Waals surface area contributed by atoms with Crippen LogP contribution in [-0.4, -0.2) is 9.97 Å². The number of hydrogen-bond acceptors (Lipinski definition) is 2. The lowest BCUT2D eigenvalue weighted by Gasteiger charge is -2.03. The summed E-state index contributed by atoms with van der Waals surface area (Å²) in [5.41, 5.74) is 10.0. The molecule has 3 heteroatoms. The fourth-order valence-electron chi connectivity index (χ4n) is 1.49. The summed E-state index contributed by atoms with van der Waals surface area (Å²) in [5.74, 6) is 0.459. The third-order valence-electron chi connectivity index (χ3n) is 2.27. The van der Waals surface area contributed by atoms with Crippen molar-refractivity contribution in [1.29, 1.82) is 0 Å². The molecule has 0 spiro atoms. The van der Waals surface area contributed by atoms with Gasteiger partial charge in [-0.05, 0) is 25.5 Å². The molecule has 0 radical (unpaired) electrons. The normalized spacial score (nSPS) is 10.4. The molecule has 2 rings (SSSR count). The third kappa shape index (κ3) is 1.48. The molecule has 3 nitrogen and oxygen atoms in total. The second kappa shape index (κ2) is 3.18. The minimum absolute atomic E-state index is 0.459. The van der Waals surface area contributed by atoms with Gasteiger partial charge < -0.3 is 10.7 Å². The first-order valence-corrected chi connectivity index (χ1v) is 4.55. The Labute approximate surface area is 83.0 Å². The van der Waals surface area contributed by atoms with Crippen LogP contribution in [0.2, 0.25) is 0 Å². The predicted octanol–water partition coefficient (Wildman–Crippen LogP) is 2.28. The van der Waals surface area contributed by atoms with Crippen LogP contribution in [0.4, 0.5) is 5.95 Å². The molecule has 14 heavy (non-hydrogen) atoms. The van der Waals surface area contributed by atoms with Gasteiger partial charge in [0.15, 0.2) is 5.95 Å². The largest absolute Gasteiger partial charge is 0.369 e. The van der Waals surface area contributed by atoms with E-state index in [1.165, 1.54) is 11.1 Å². The van der Waals surface area contributed by atoms with Gasteiger partial charge in [0.2, 0.25) is 0 Å². The number of nitrogens with two attached hydrogens (primary N) is 1. The van der Waals surface area contributed by atoms with Gasteiger partial charge in [-0.15, -0.1) is 0 Å². The summed E-state index contributed by atoms with van der Waals surface area (Å²) in [6, 6.07) is 6.30. The zero-order valence-electron chi connectivity index (χ0n) is 8.33. The van der Waals surface area contributed by atoms with Gasteiger partial charge in [0, 0.05) is 11.8 Å². The smallest absolute Gasteiger partial charge is 0.198 e. The zero-order chi connectivity index (χ0) is 10.1. The van der Waals surface area contributed by atoms with Crippen LogP contribution >= 0.6 is 0 Å². The monoisotopic (exact) mass is 187 g/mol. The molecule has 0 fully saturated rings. The van der Waals surface area contributed by atoms with Crippen LogP contribution in [0.25, 0.3) is 11.3 Å². The van der Waals surface area contributed by atoms with Crippen molar-refractivity contribution in [2.45, 2.75) is 13.8 Å². The molecular weight excluding hydrogens is 174 g/mol. The highest BCUT2D eigenvalue weighted by molar-refractivity contribution is 5.64. The maximum atomic E-state index is 5.54. The minimum atomic E-state index is 0.459. The predicted molar refractivity (Wildman–Crippen MR) is 57.9 cm³/mol. The molecule has 0 amide bonds. The summed E-state index contributed by atoms with van der Waals surface area (Å²) in [6.07, 6.45) is 1.83. The number of rotatable bonds is 1. The van der Waals surface area contributed by atoms with E-state index in [2.05, 4.69) is 42.0 Å². The van der Waals surface area contributed by atoms with Gasteiger partial charge in [-0.25, -0.2) is 4.98 Å². The number of H-pyrrole nitrogens is 1. The summed E-state index contributed by atoms with van der Waals surface area (Å²) in [6.45, 7) is 4.14. The van der Waals surface area contributed by atoms with Crippen molar-refractivity contribution >= 4 is 5.95 Å². The van der Waals surface area contributed by atoms with Crippen molar-refractivity contribution in [3.63, 3.8) is 0 Å². The Morgan fingerprint density at radius 3 is 2.71 bits per heavy atom. The maximum absolute atomic E-state index is 5.54. The Kier molecular flexibility index (Phi) is 2.00. The van der Waals surface area contributed by atoms with E-state index in [9.17, 15) is 0 Å². The van der Waals surface area contributed by atoms with E-state index >= 15 is 0 Å². The first-order valence-electron chi connectivity index (χ1n) is 4.55. The van der Waals surface area contributed by atoms with Crippen LogP contribution in [0.1, 0.15) is 11.1 Å². The van der Waals surface area contributed by atoms with E-state index in [1.54, 1.807) is 0 Å². The molecule has 0 atom stereocenters. The van der Waals surface area contributed by atoms with E-state index in [1.807, 2.05) is 6.20 Å². The number of aromatic nitrogens is 2. The van der Waals surface area contributed by atoms with Crippen LogP contribution in [0, 0.1) is 13.8 Å². The molecular formula is C11H13N3. The number of hydrogen-bond donors (Lipinski definition) is 2. The van der Waals surface area contributed by atoms with Crippen LogP contribution in [-0.2, 0) is 0 Å². The van der Waals surface area contributed by atoms with Crippen molar-refractivity contribution in [1.82, 2.24) is 9.97 Å². The Bertz CT molecular complexity index is 457. The van der Waals surface area contributed by atoms with Crippen LogP contribution in [0.3, 0.4) is 0 Å². The molecule has 0 aliphatic heterocycles. The second-order valence-electron chi connectivity index (χ2n) is 3.49. The van der Waals surface area contributed by atoms with Crippen LogP contribution < -0.4 is 5.73 Å². The maximum Gasteiger partial charge on any atom is 0.198 e. The Morgan fingerprint density at radius 2 is 2.07 bits per heavy atom. The first kappa shape index (κ1) is 8.81. The van der Waals surface area contributed by atoms with Gasteiger partial charge >= 0.3 is 0 Å². The molecule has 1 aromatic carbocycles. The molecule has 0 unspecified atom stereocenters. The van der Waals surface area contributed by atoms with Gasteiger partial charge in [0.05, 0.1) is 5.69 Å². The zero-order valence-corrected chi connectivity index (χ0v) is 8.33. The number of anilines is 1. The van der Waals surface area contributed by atoms with Gasteiger partial charge in [-0.1, -0.05) is 17.7 Å². The van der Waals surface area contributed by atoms with Crippen molar-refractivity contribution in [3.05, 3.63) is 35.5 Å². The second-order valence-corrected chi connectivity index (χ2v) is 3.49. The quantitative estimate of drug-likeness (QED) is 0.719. The molecule has 1 aromatic heterocycles. The van der Waals surface area contributed by atoms with E-state index in [-0.39, 0.29) is 0 Å². The lowest BCUT2D eigenvalue weighted by molar-refractivity contribution is 1.31. The number of aromatic amines is 1. The fourth-order valence-corrected chi connectivity index (χ4v) is 1.49. The van der Waals surface area contributed by atoms with Gasteiger partial charge in [0.1, 0.15) is 0 Å². The molecule has 3 N–H and O–H groups in total. The number of nitrogens with one attached hydrogen (secondary N) is 1. The lowest BCUT2D eigenvalue weighted by Crippen LogP contribution is -1.87. The standard InChI is InChI=1S/C11H13N3/c1-7-3-4-8(2)9(5-7)10-6-13-11(12)14-10/h3-6H,1-2H3,(H3,12,13,14). The number of nitrogen functional groups attached to an aromatic ring is 1. The molecule has 0 aliphatic rings. The average molecular weight is 187 g/mol. The summed E-state index contributed by atoms with van der Waals surface area (Å²) in [5, 5.41) is 0. The molecule has 0 saturated carbocycles. The van der Waals surface area contributed by atoms with E-state index < -0.39 is 0 Å². The topological polar surface area (TPSA) is 54.7 Å². The van der Waals surface area contributed by atoms with Crippen molar-refractivity contribution in [3.8, 4) is 11.3 Å². The number of aryl methyl sites for hydroxylation is 2.